The van der Waals surface area contributed by atoms with Gasteiger partial charge in [-0.3, -0.25) is 19.7 Å². The third kappa shape index (κ3) is 3.53. The van der Waals surface area contributed by atoms with E-state index in [9.17, 15) is 19.7 Å². The minimum atomic E-state index is -0.612. The molecule has 1 fully saturated rings. The van der Waals surface area contributed by atoms with Gasteiger partial charge < -0.3 is 0 Å². The number of thioether (sulfide) groups is 1. The molecule has 1 aliphatic rings. The van der Waals surface area contributed by atoms with Crippen LogP contribution in [-0.4, -0.2) is 16.1 Å². The molecule has 2 aromatic rings. The molecule has 2 aromatic carbocycles. The van der Waals surface area contributed by atoms with Crippen LogP contribution in [0.4, 0.5) is 16.2 Å². The summed E-state index contributed by atoms with van der Waals surface area (Å²) in [4.78, 5) is 36.2. The van der Waals surface area contributed by atoms with Crippen LogP contribution in [0.25, 0.3) is 6.08 Å². The van der Waals surface area contributed by atoms with Crippen molar-refractivity contribution in [1.29, 1.82) is 0 Å². The molecule has 0 atom stereocenters. The normalized spacial score (nSPS) is 15.9. The van der Waals surface area contributed by atoms with Crippen molar-refractivity contribution in [2.24, 2.45) is 0 Å². The van der Waals surface area contributed by atoms with Crippen molar-refractivity contribution in [3.8, 4) is 0 Å². The summed E-state index contributed by atoms with van der Waals surface area (Å²) in [5.41, 5.74) is 0.530. The molecular weight excluding hydrogens is 387 g/mol. The number of rotatable bonds is 3. The number of hydrogen-bond acceptors (Lipinski definition) is 5. The second kappa shape index (κ2) is 6.87. The average molecular weight is 395 g/mol. The van der Waals surface area contributed by atoms with E-state index in [0.717, 1.165) is 16.7 Å². The van der Waals surface area contributed by atoms with E-state index in [0.29, 0.717) is 16.3 Å². The first kappa shape index (κ1) is 17.5. The van der Waals surface area contributed by atoms with Crippen molar-refractivity contribution in [2.75, 3.05) is 4.90 Å². The number of imide groups is 1. The maximum atomic E-state index is 12.5. The van der Waals surface area contributed by atoms with Crippen LogP contribution >= 0.6 is 35.0 Å². The van der Waals surface area contributed by atoms with Crippen LogP contribution in [0.2, 0.25) is 10.0 Å². The van der Waals surface area contributed by atoms with Crippen LogP contribution in [0.15, 0.2) is 47.4 Å². The molecule has 0 unspecified atom stereocenters. The molecule has 1 aliphatic heterocycles. The first-order valence-corrected chi connectivity index (χ1v) is 8.41. The van der Waals surface area contributed by atoms with Crippen LogP contribution in [-0.2, 0) is 4.79 Å². The van der Waals surface area contributed by atoms with Crippen LogP contribution in [0.3, 0.4) is 0 Å². The van der Waals surface area contributed by atoms with Crippen LogP contribution in [0, 0.1) is 10.1 Å². The van der Waals surface area contributed by atoms with Gasteiger partial charge in [0.05, 0.1) is 15.5 Å². The third-order valence-corrected chi connectivity index (χ3v) is 4.78. The molecule has 0 radical (unpaired) electrons. The van der Waals surface area contributed by atoms with E-state index in [-0.39, 0.29) is 15.6 Å². The molecule has 1 saturated heterocycles. The van der Waals surface area contributed by atoms with Crippen molar-refractivity contribution in [1.82, 2.24) is 0 Å². The fraction of sp³-hybridized carbons (Fsp3) is 0. The molecule has 0 aliphatic carbocycles. The third-order valence-electron chi connectivity index (χ3n) is 3.34. The average Bonchev–Trinajstić information content (AvgIpc) is 2.84. The van der Waals surface area contributed by atoms with Gasteiger partial charge in [0.1, 0.15) is 5.02 Å². The highest BCUT2D eigenvalue weighted by Gasteiger charge is 2.36. The van der Waals surface area contributed by atoms with Crippen LogP contribution < -0.4 is 4.90 Å². The Balaban J connectivity index is 1.94. The summed E-state index contributed by atoms with van der Waals surface area (Å²) in [6, 6.07) is 10.4. The second-order valence-corrected chi connectivity index (χ2v) is 6.80. The Morgan fingerprint density at radius 2 is 1.76 bits per heavy atom. The van der Waals surface area contributed by atoms with Gasteiger partial charge in [0.2, 0.25) is 0 Å². The zero-order valence-corrected chi connectivity index (χ0v) is 14.6. The van der Waals surface area contributed by atoms with Gasteiger partial charge >= 0.3 is 0 Å². The van der Waals surface area contributed by atoms with Gasteiger partial charge in [-0.1, -0.05) is 29.3 Å². The first-order chi connectivity index (χ1) is 11.9. The number of nitro benzene ring substituents is 1. The molecule has 9 heteroatoms. The Hall–Kier alpha value is -2.35. The topological polar surface area (TPSA) is 80.5 Å². The molecule has 3 rings (SSSR count). The summed E-state index contributed by atoms with van der Waals surface area (Å²) in [5.74, 6) is -0.505. The number of amides is 2. The Kier molecular flexibility index (Phi) is 4.80. The number of carbonyl (C=O) groups is 2. The summed E-state index contributed by atoms with van der Waals surface area (Å²) >= 11 is 12.3. The lowest BCUT2D eigenvalue weighted by molar-refractivity contribution is -0.384. The summed E-state index contributed by atoms with van der Waals surface area (Å²) in [6.07, 6.45) is 1.42. The molecule has 0 spiro atoms. The molecule has 1 heterocycles. The smallest absolute Gasteiger partial charge is 0.268 e. The first-order valence-electron chi connectivity index (χ1n) is 6.84. The van der Waals surface area contributed by atoms with Crippen molar-refractivity contribution < 1.29 is 14.5 Å². The van der Waals surface area contributed by atoms with Gasteiger partial charge in [0.25, 0.3) is 16.8 Å². The van der Waals surface area contributed by atoms with Gasteiger partial charge in [0.15, 0.2) is 0 Å². The molecule has 25 heavy (non-hydrogen) atoms. The highest BCUT2D eigenvalue weighted by molar-refractivity contribution is 8.19. The van der Waals surface area contributed by atoms with Crippen LogP contribution in [0.1, 0.15) is 5.56 Å². The van der Waals surface area contributed by atoms with Crippen molar-refractivity contribution in [3.63, 3.8) is 0 Å². The van der Waals surface area contributed by atoms with E-state index in [2.05, 4.69) is 0 Å². The molecule has 6 nitrogen and oxygen atoms in total. The Morgan fingerprint density at radius 3 is 2.40 bits per heavy atom. The van der Waals surface area contributed by atoms with E-state index in [1.54, 1.807) is 24.3 Å². The standard InChI is InChI=1S/C16H8Cl2N2O4S/c17-10-2-4-11(5-3-10)19-15(21)14(25-16(19)22)8-9-1-6-12(18)13(7-9)20(23)24/h1-8H/b14-8-. The van der Waals surface area contributed by atoms with Gasteiger partial charge in [-0.25, -0.2) is 4.90 Å². The van der Waals surface area contributed by atoms with E-state index >= 15 is 0 Å². The van der Waals surface area contributed by atoms with E-state index in [1.807, 2.05) is 0 Å². The predicted octanol–water partition coefficient (Wildman–Crippen LogP) is 5.14. The zero-order chi connectivity index (χ0) is 18.1. The Bertz CT molecular complexity index is 928. The minimum Gasteiger partial charge on any atom is -0.268 e. The molecule has 0 aromatic heterocycles. The molecule has 0 bridgehead atoms. The Morgan fingerprint density at radius 1 is 1.08 bits per heavy atom. The number of halogens is 2. The number of anilines is 1. The molecule has 0 N–H and O–H groups in total. The van der Waals surface area contributed by atoms with E-state index in [1.165, 1.54) is 24.3 Å². The lowest BCUT2D eigenvalue weighted by Crippen LogP contribution is -2.27. The number of nitrogens with zero attached hydrogens (tertiary/aromatic N) is 2. The number of carbonyl (C=O) groups excluding carboxylic acids is 2. The fourth-order valence-electron chi connectivity index (χ4n) is 2.19. The lowest BCUT2D eigenvalue weighted by atomic mass is 10.2. The van der Waals surface area contributed by atoms with Gasteiger partial charge in [0, 0.05) is 11.1 Å². The van der Waals surface area contributed by atoms with Crippen LogP contribution in [0.5, 0.6) is 0 Å². The predicted molar refractivity (Wildman–Crippen MR) is 98.0 cm³/mol. The maximum absolute atomic E-state index is 12.5. The number of benzene rings is 2. The van der Waals surface area contributed by atoms with Crippen molar-refractivity contribution >= 4 is 63.6 Å². The molecule has 2 amide bonds. The minimum absolute atomic E-state index is 0.00332. The number of hydrogen-bond donors (Lipinski definition) is 0. The molecule has 0 saturated carbocycles. The highest BCUT2D eigenvalue weighted by Crippen LogP contribution is 2.36. The fourth-order valence-corrected chi connectivity index (χ4v) is 3.35. The summed E-state index contributed by atoms with van der Waals surface area (Å²) in [5, 5.41) is 11.0. The lowest BCUT2D eigenvalue weighted by Gasteiger charge is -2.12. The van der Waals surface area contributed by atoms with Gasteiger partial charge in [-0.05, 0) is 53.7 Å². The highest BCUT2D eigenvalue weighted by atomic mass is 35.5. The van der Waals surface area contributed by atoms with Gasteiger partial charge in [-0.15, -0.1) is 0 Å². The van der Waals surface area contributed by atoms with E-state index < -0.39 is 16.1 Å². The summed E-state index contributed by atoms with van der Waals surface area (Å²) in [7, 11) is 0. The zero-order valence-electron chi connectivity index (χ0n) is 12.3. The monoisotopic (exact) mass is 394 g/mol. The van der Waals surface area contributed by atoms with E-state index in [4.69, 9.17) is 23.2 Å². The molecule has 126 valence electrons. The molecular formula is C16H8Cl2N2O4S. The van der Waals surface area contributed by atoms with Crippen molar-refractivity contribution in [3.05, 3.63) is 73.1 Å². The Labute approximate surface area is 156 Å². The SMILES string of the molecule is O=C1S/C(=C\c2ccc(Cl)c([N+](=O)[O-])c2)C(=O)N1c1ccc(Cl)cc1. The maximum Gasteiger partial charge on any atom is 0.298 e. The number of nitro groups is 1. The van der Waals surface area contributed by atoms with Gasteiger partial charge in [-0.2, -0.15) is 0 Å². The summed E-state index contributed by atoms with van der Waals surface area (Å²) in [6.45, 7) is 0. The largest absolute Gasteiger partial charge is 0.298 e. The second-order valence-electron chi connectivity index (χ2n) is 4.96. The summed E-state index contributed by atoms with van der Waals surface area (Å²) < 4.78 is 0. The van der Waals surface area contributed by atoms with Crippen molar-refractivity contribution in [2.45, 2.75) is 0 Å². The quantitative estimate of drug-likeness (QED) is 0.408.